The van der Waals surface area contributed by atoms with Gasteiger partial charge < -0.3 is 13.7 Å². The van der Waals surface area contributed by atoms with Gasteiger partial charge in [0.15, 0.2) is 8.32 Å². The summed E-state index contributed by atoms with van der Waals surface area (Å²) in [6.45, 7) is 12.1. The normalized spacial score (nSPS) is 22.8. The molecular formula is C18H28N2O2Si. The first-order chi connectivity index (χ1) is 10.8. The summed E-state index contributed by atoms with van der Waals surface area (Å²) in [5.41, 5.74) is 2.17. The van der Waals surface area contributed by atoms with Crippen LogP contribution in [0.1, 0.15) is 39.8 Å². The molecule has 0 N–H and O–H groups in total. The Labute approximate surface area is 139 Å². The number of fused-ring (bicyclic) bond motifs is 1. The first-order valence-corrected chi connectivity index (χ1v) is 11.4. The third-order valence-corrected chi connectivity index (χ3v) is 9.81. The molecule has 126 valence electrons. The smallest absolute Gasteiger partial charge is 0.192 e. The van der Waals surface area contributed by atoms with Crippen LogP contribution in [-0.4, -0.2) is 30.6 Å². The van der Waals surface area contributed by atoms with Gasteiger partial charge in [0.2, 0.25) is 0 Å². The zero-order chi connectivity index (χ0) is 16.7. The molecule has 1 saturated heterocycles. The number of hydrogen-bond donors (Lipinski definition) is 0. The number of ether oxygens (including phenoxy) is 1. The molecule has 0 saturated carbocycles. The number of aromatic nitrogens is 2. The maximum absolute atomic E-state index is 6.32. The summed E-state index contributed by atoms with van der Waals surface area (Å²) in [6.07, 6.45) is 4.23. The number of hydrogen-bond acceptors (Lipinski definition) is 3. The van der Waals surface area contributed by atoms with Crippen LogP contribution in [-0.2, 0) is 9.16 Å². The van der Waals surface area contributed by atoms with Crippen molar-refractivity contribution in [3.05, 3.63) is 30.6 Å². The molecule has 1 aliphatic rings. The fourth-order valence-electron chi connectivity index (χ4n) is 2.74. The average molecular weight is 333 g/mol. The first-order valence-electron chi connectivity index (χ1n) is 8.49. The molecule has 1 fully saturated rings. The van der Waals surface area contributed by atoms with Gasteiger partial charge in [-0.05, 0) is 43.1 Å². The summed E-state index contributed by atoms with van der Waals surface area (Å²) in [5, 5.41) is 0.242. The summed E-state index contributed by atoms with van der Waals surface area (Å²) in [4.78, 5) is 4.46. The molecule has 0 spiro atoms. The van der Waals surface area contributed by atoms with Crippen molar-refractivity contribution in [1.29, 1.82) is 0 Å². The second kappa shape index (κ2) is 6.04. The molecule has 1 aromatic heterocycles. The fraction of sp³-hybridized carbons (Fsp3) is 0.611. The van der Waals surface area contributed by atoms with E-state index in [1.165, 1.54) is 0 Å². The molecule has 3 rings (SSSR count). The Hall–Kier alpha value is -1.17. The quantitative estimate of drug-likeness (QED) is 0.759. The lowest BCUT2D eigenvalue weighted by Crippen LogP contribution is -2.42. The maximum atomic E-state index is 6.32. The lowest BCUT2D eigenvalue weighted by atomic mass is 10.2. The van der Waals surface area contributed by atoms with Gasteiger partial charge in [-0.15, -0.1) is 0 Å². The molecule has 2 aromatic rings. The maximum Gasteiger partial charge on any atom is 0.192 e. The molecule has 0 radical (unpaired) electrons. The lowest BCUT2D eigenvalue weighted by molar-refractivity contribution is -0.0179. The summed E-state index contributed by atoms with van der Waals surface area (Å²) < 4.78 is 14.7. The highest BCUT2D eigenvalue weighted by molar-refractivity contribution is 6.74. The van der Waals surface area contributed by atoms with Crippen molar-refractivity contribution in [2.45, 2.75) is 64.1 Å². The Morgan fingerprint density at radius 1 is 1.26 bits per heavy atom. The van der Waals surface area contributed by atoms with E-state index in [1.807, 2.05) is 24.5 Å². The lowest BCUT2D eigenvalue weighted by Gasteiger charge is -2.36. The van der Waals surface area contributed by atoms with Crippen LogP contribution in [0.25, 0.3) is 11.0 Å². The molecule has 4 nitrogen and oxygen atoms in total. The third-order valence-electron chi connectivity index (χ3n) is 5.31. The van der Waals surface area contributed by atoms with Gasteiger partial charge in [-0.3, -0.25) is 0 Å². The molecule has 0 aliphatic carbocycles. The van der Waals surface area contributed by atoms with Crippen molar-refractivity contribution in [2.24, 2.45) is 0 Å². The van der Waals surface area contributed by atoms with E-state index >= 15 is 0 Å². The Morgan fingerprint density at radius 2 is 2.00 bits per heavy atom. The molecule has 0 bridgehead atoms. The Balaban J connectivity index is 1.63. The molecule has 0 amide bonds. The van der Waals surface area contributed by atoms with E-state index in [1.54, 1.807) is 0 Å². The minimum absolute atomic E-state index is 0.0791. The van der Waals surface area contributed by atoms with E-state index in [0.29, 0.717) is 6.61 Å². The van der Waals surface area contributed by atoms with Gasteiger partial charge in [0, 0.05) is 0 Å². The largest absolute Gasteiger partial charge is 0.414 e. The SMILES string of the molecule is CC(C)(C)[Si](C)(C)OC[C@@H]1CC[C@@H](n2cnc3ccccc32)O1. The van der Waals surface area contributed by atoms with Crippen LogP contribution in [0.2, 0.25) is 18.1 Å². The van der Waals surface area contributed by atoms with Gasteiger partial charge in [-0.25, -0.2) is 4.98 Å². The van der Waals surface area contributed by atoms with Crippen molar-refractivity contribution < 1.29 is 9.16 Å². The molecule has 2 heterocycles. The van der Waals surface area contributed by atoms with Gasteiger partial charge in [0.1, 0.15) is 6.23 Å². The summed E-state index contributed by atoms with van der Waals surface area (Å²) >= 11 is 0. The second-order valence-electron chi connectivity index (χ2n) is 8.00. The van der Waals surface area contributed by atoms with Crippen LogP contribution in [0.3, 0.4) is 0 Å². The summed E-state index contributed by atoms with van der Waals surface area (Å²) in [7, 11) is -1.70. The number of rotatable bonds is 4. The van der Waals surface area contributed by atoms with Crippen LogP contribution in [0.4, 0.5) is 0 Å². The van der Waals surface area contributed by atoms with Crippen LogP contribution in [0, 0.1) is 0 Å². The molecule has 23 heavy (non-hydrogen) atoms. The third kappa shape index (κ3) is 3.37. The Kier molecular flexibility index (Phi) is 4.38. The van der Waals surface area contributed by atoms with E-state index in [0.717, 1.165) is 23.9 Å². The van der Waals surface area contributed by atoms with Crippen LogP contribution < -0.4 is 0 Å². The molecule has 0 unspecified atom stereocenters. The van der Waals surface area contributed by atoms with Crippen molar-refractivity contribution >= 4 is 19.4 Å². The Bertz CT molecular complexity index is 675. The van der Waals surface area contributed by atoms with E-state index in [2.05, 4.69) is 49.5 Å². The molecule has 1 aromatic carbocycles. The number of nitrogens with zero attached hydrogens (tertiary/aromatic N) is 2. The van der Waals surface area contributed by atoms with Crippen LogP contribution in [0.15, 0.2) is 30.6 Å². The van der Waals surface area contributed by atoms with E-state index < -0.39 is 8.32 Å². The van der Waals surface area contributed by atoms with E-state index in [-0.39, 0.29) is 17.4 Å². The highest BCUT2D eigenvalue weighted by Crippen LogP contribution is 2.38. The van der Waals surface area contributed by atoms with E-state index in [4.69, 9.17) is 9.16 Å². The van der Waals surface area contributed by atoms with Gasteiger partial charge in [0.25, 0.3) is 0 Å². The summed E-state index contributed by atoms with van der Waals surface area (Å²) in [5.74, 6) is 0. The summed E-state index contributed by atoms with van der Waals surface area (Å²) in [6, 6.07) is 8.21. The molecule has 1 aliphatic heterocycles. The van der Waals surface area contributed by atoms with Crippen LogP contribution >= 0.6 is 0 Å². The van der Waals surface area contributed by atoms with Crippen LogP contribution in [0.5, 0.6) is 0 Å². The van der Waals surface area contributed by atoms with Gasteiger partial charge in [-0.2, -0.15) is 0 Å². The minimum atomic E-state index is -1.70. The number of para-hydroxylation sites is 2. The minimum Gasteiger partial charge on any atom is -0.414 e. The highest BCUT2D eigenvalue weighted by atomic mass is 28.4. The Morgan fingerprint density at radius 3 is 2.74 bits per heavy atom. The molecular weight excluding hydrogens is 304 g/mol. The van der Waals surface area contributed by atoms with E-state index in [9.17, 15) is 0 Å². The average Bonchev–Trinajstić information content (AvgIpc) is 3.10. The topological polar surface area (TPSA) is 36.3 Å². The van der Waals surface area contributed by atoms with Crippen molar-refractivity contribution in [3.63, 3.8) is 0 Å². The van der Waals surface area contributed by atoms with Crippen molar-refractivity contribution in [1.82, 2.24) is 9.55 Å². The predicted molar refractivity (Wildman–Crippen MR) is 96.0 cm³/mol. The monoisotopic (exact) mass is 332 g/mol. The first kappa shape index (κ1) is 16.7. The second-order valence-corrected chi connectivity index (χ2v) is 12.8. The molecule has 2 atom stereocenters. The van der Waals surface area contributed by atoms with Gasteiger partial charge in [0.05, 0.1) is 30.1 Å². The number of benzene rings is 1. The predicted octanol–water partition coefficient (Wildman–Crippen LogP) is 4.74. The zero-order valence-electron chi connectivity index (χ0n) is 14.9. The van der Waals surface area contributed by atoms with Gasteiger partial charge in [-0.1, -0.05) is 32.9 Å². The highest BCUT2D eigenvalue weighted by Gasteiger charge is 2.38. The molecule has 5 heteroatoms. The van der Waals surface area contributed by atoms with Crippen molar-refractivity contribution in [3.8, 4) is 0 Å². The number of imidazole rings is 1. The van der Waals surface area contributed by atoms with Crippen molar-refractivity contribution in [2.75, 3.05) is 6.61 Å². The standard InChI is InChI=1S/C18H28N2O2Si/c1-18(2,3)23(4,5)21-12-14-10-11-17(22-14)20-13-19-15-8-6-7-9-16(15)20/h6-9,13-14,17H,10-12H2,1-5H3/t14-,17-/m0/s1. The zero-order valence-corrected chi connectivity index (χ0v) is 15.9. The van der Waals surface area contributed by atoms with Gasteiger partial charge >= 0.3 is 0 Å². The fourth-order valence-corrected chi connectivity index (χ4v) is 3.78.